The third kappa shape index (κ3) is 2.59. The lowest BCUT2D eigenvalue weighted by Crippen LogP contribution is -2.46. The van der Waals surface area contributed by atoms with Gasteiger partial charge in [-0.2, -0.15) is 13.2 Å². The topological polar surface area (TPSA) is 46.5 Å². The number of carboxylic acid groups (broad SMARTS) is 1. The third-order valence-corrected chi connectivity index (χ3v) is 2.85. The van der Waals surface area contributed by atoms with Crippen LogP contribution in [0, 0.1) is 0 Å². The molecule has 0 aliphatic rings. The quantitative estimate of drug-likeness (QED) is 0.922. The second-order valence-electron chi connectivity index (χ2n) is 3.58. The van der Waals surface area contributed by atoms with Gasteiger partial charge in [0.2, 0.25) is 0 Å². The van der Waals surface area contributed by atoms with E-state index in [1.165, 1.54) is 18.2 Å². The summed E-state index contributed by atoms with van der Waals surface area (Å²) >= 11 is 5.70. The van der Waals surface area contributed by atoms with Crippen LogP contribution in [0.25, 0.3) is 0 Å². The van der Waals surface area contributed by atoms with Crippen LogP contribution >= 0.6 is 11.6 Å². The van der Waals surface area contributed by atoms with Gasteiger partial charge >= 0.3 is 12.1 Å². The Morgan fingerprint density at radius 2 is 1.94 bits per heavy atom. The van der Waals surface area contributed by atoms with Crippen molar-refractivity contribution in [3.05, 3.63) is 34.9 Å². The number of rotatable bonds is 4. The predicted molar refractivity (Wildman–Crippen MR) is 58.4 cm³/mol. The van der Waals surface area contributed by atoms with Crippen LogP contribution in [0.5, 0.6) is 0 Å². The van der Waals surface area contributed by atoms with E-state index in [0.717, 1.165) is 13.2 Å². The smallest absolute Gasteiger partial charge is 0.422 e. The molecule has 100 valence electrons. The maximum Gasteiger partial charge on any atom is 0.422 e. The number of carboxylic acids is 1. The Labute approximate surface area is 106 Å². The number of hydrogen-bond donors (Lipinski definition) is 1. The molecule has 0 aromatic heterocycles. The molecule has 18 heavy (non-hydrogen) atoms. The molecular formula is C11H10ClF3O3. The largest absolute Gasteiger partial charge is 0.481 e. The molecule has 0 amide bonds. The standard InChI is InChI=1S/C11H10ClF3O3/c1-18-10(6-9(16)17,11(13,14)15)7-4-2-3-5-8(7)12/h2-5H,6H2,1H3,(H,16,17). The van der Waals surface area contributed by atoms with Gasteiger partial charge in [-0.1, -0.05) is 29.8 Å². The van der Waals surface area contributed by atoms with Crippen molar-refractivity contribution in [1.29, 1.82) is 0 Å². The number of halogens is 4. The van der Waals surface area contributed by atoms with Crippen LogP contribution in [0.3, 0.4) is 0 Å². The number of benzene rings is 1. The zero-order chi connectivity index (χ0) is 14.0. The van der Waals surface area contributed by atoms with Crippen molar-refractivity contribution in [2.75, 3.05) is 7.11 Å². The average molecular weight is 283 g/mol. The molecule has 1 unspecified atom stereocenters. The van der Waals surface area contributed by atoms with Crippen molar-refractivity contribution in [2.24, 2.45) is 0 Å². The molecule has 3 nitrogen and oxygen atoms in total. The molecule has 1 aromatic rings. The zero-order valence-electron chi connectivity index (χ0n) is 9.29. The molecule has 0 saturated carbocycles. The number of ether oxygens (including phenoxy) is 1. The maximum absolute atomic E-state index is 13.2. The molecule has 7 heteroatoms. The summed E-state index contributed by atoms with van der Waals surface area (Å²) in [5, 5.41) is 8.48. The Morgan fingerprint density at radius 3 is 2.33 bits per heavy atom. The van der Waals surface area contributed by atoms with Gasteiger partial charge in [-0.05, 0) is 6.07 Å². The minimum absolute atomic E-state index is 0.196. The number of hydrogen-bond acceptors (Lipinski definition) is 2. The first-order chi connectivity index (χ1) is 8.24. The first-order valence-corrected chi connectivity index (χ1v) is 5.21. The summed E-state index contributed by atoms with van der Waals surface area (Å²) in [7, 11) is 0.805. The maximum atomic E-state index is 13.2. The second-order valence-corrected chi connectivity index (χ2v) is 3.99. The lowest BCUT2D eigenvalue weighted by molar-refractivity contribution is -0.278. The number of alkyl halides is 3. The van der Waals surface area contributed by atoms with Crippen LogP contribution in [0.1, 0.15) is 12.0 Å². The van der Waals surface area contributed by atoms with Crippen molar-refractivity contribution in [2.45, 2.75) is 18.2 Å². The zero-order valence-corrected chi connectivity index (χ0v) is 10.0. The first-order valence-electron chi connectivity index (χ1n) is 4.83. The third-order valence-electron chi connectivity index (χ3n) is 2.52. The van der Waals surface area contributed by atoms with Gasteiger partial charge in [0.05, 0.1) is 6.42 Å². The summed E-state index contributed by atoms with van der Waals surface area (Å²) in [5.74, 6) is -1.63. The molecule has 0 radical (unpaired) electrons. The van der Waals surface area contributed by atoms with Gasteiger partial charge in [0.15, 0.2) is 5.60 Å². The van der Waals surface area contributed by atoms with Gasteiger partial charge in [-0.3, -0.25) is 4.79 Å². The van der Waals surface area contributed by atoms with Crippen molar-refractivity contribution >= 4 is 17.6 Å². The molecule has 0 aliphatic heterocycles. The van der Waals surface area contributed by atoms with E-state index >= 15 is 0 Å². The summed E-state index contributed by atoms with van der Waals surface area (Å²) < 4.78 is 44.0. The second kappa shape index (κ2) is 5.16. The summed E-state index contributed by atoms with van der Waals surface area (Å²) in [6, 6.07) is 5.13. The fourth-order valence-corrected chi connectivity index (χ4v) is 1.94. The van der Waals surface area contributed by atoms with Gasteiger partial charge in [0, 0.05) is 17.7 Å². The normalized spacial score (nSPS) is 15.2. The SMILES string of the molecule is COC(CC(=O)O)(c1ccccc1Cl)C(F)(F)F. The fraction of sp³-hybridized carbons (Fsp3) is 0.364. The average Bonchev–Trinajstić information content (AvgIpc) is 2.25. The lowest BCUT2D eigenvalue weighted by atomic mass is 9.89. The number of carbonyl (C=O) groups is 1. The minimum Gasteiger partial charge on any atom is -0.481 e. The van der Waals surface area contributed by atoms with E-state index in [-0.39, 0.29) is 5.02 Å². The van der Waals surface area contributed by atoms with Crippen LogP contribution in [0.15, 0.2) is 24.3 Å². The Kier molecular flexibility index (Phi) is 4.24. The molecule has 0 aliphatic carbocycles. The van der Waals surface area contributed by atoms with Crippen LogP contribution in [0.2, 0.25) is 5.02 Å². The highest BCUT2D eigenvalue weighted by Crippen LogP contribution is 2.46. The van der Waals surface area contributed by atoms with E-state index in [0.29, 0.717) is 0 Å². The summed E-state index contributed by atoms with van der Waals surface area (Å²) in [6.45, 7) is 0. The molecule has 0 heterocycles. The van der Waals surface area contributed by atoms with Gasteiger partial charge in [0.25, 0.3) is 0 Å². The van der Waals surface area contributed by atoms with E-state index in [1.807, 2.05) is 0 Å². The highest BCUT2D eigenvalue weighted by Gasteiger charge is 2.58. The summed E-state index contributed by atoms with van der Waals surface area (Å²) in [4.78, 5) is 10.7. The van der Waals surface area contributed by atoms with Crippen molar-refractivity contribution in [3.8, 4) is 0 Å². The Balaban J connectivity index is 3.45. The molecule has 0 saturated heterocycles. The van der Waals surface area contributed by atoms with Crippen molar-refractivity contribution in [3.63, 3.8) is 0 Å². The van der Waals surface area contributed by atoms with Gasteiger partial charge < -0.3 is 9.84 Å². The number of aliphatic carboxylic acids is 1. The molecule has 1 rings (SSSR count). The van der Waals surface area contributed by atoms with Crippen LogP contribution in [0.4, 0.5) is 13.2 Å². The van der Waals surface area contributed by atoms with Gasteiger partial charge in [0.1, 0.15) is 0 Å². The number of methoxy groups -OCH3 is 1. The summed E-state index contributed by atoms with van der Waals surface area (Å²) in [5.41, 5.74) is -3.36. The molecule has 1 aromatic carbocycles. The predicted octanol–water partition coefficient (Wildman–Crippen LogP) is 3.22. The Morgan fingerprint density at radius 1 is 1.39 bits per heavy atom. The van der Waals surface area contributed by atoms with Crippen molar-refractivity contribution in [1.82, 2.24) is 0 Å². The van der Waals surface area contributed by atoms with E-state index in [2.05, 4.69) is 4.74 Å². The monoisotopic (exact) mass is 282 g/mol. The lowest BCUT2D eigenvalue weighted by Gasteiger charge is -2.34. The fourth-order valence-electron chi connectivity index (χ4n) is 1.65. The molecular weight excluding hydrogens is 273 g/mol. The highest BCUT2D eigenvalue weighted by atomic mass is 35.5. The van der Waals surface area contributed by atoms with Gasteiger partial charge in [-0.15, -0.1) is 0 Å². The molecule has 1 atom stereocenters. The van der Waals surface area contributed by atoms with Crippen molar-refractivity contribution < 1.29 is 27.8 Å². The van der Waals surface area contributed by atoms with E-state index in [1.54, 1.807) is 0 Å². The molecule has 0 spiro atoms. The molecule has 1 N–H and O–H groups in total. The molecule has 0 bridgehead atoms. The Bertz CT molecular complexity index is 447. The minimum atomic E-state index is -4.90. The molecule has 0 fully saturated rings. The van der Waals surface area contributed by atoms with E-state index < -0.39 is 29.7 Å². The van der Waals surface area contributed by atoms with Crippen LogP contribution in [-0.2, 0) is 15.1 Å². The van der Waals surface area contributed by atoms with E-state index in [9.17, 15) is 18.0 Å². The van der Waals surface area contributed by atoms with Crippen LogP contribution in [-0.4, -0.2) is 24.4 Å². The van der Waals surface area contributed by atoms with Crippen LogP contribution < -0.4 is 0 Å². The van der Waals surface area contributed by atoms with Gasteiger partial charge in [-0.25, -0.2) is 0 Å². The summed E-state index contributed by atoms with van der Waals surface area (Å²) in [6.07, 6.45) is -6.15. The highest BCUT2D eigenvalue weighted by molar-refractivity contribution is 6.31. The first kappa shape index (κ1) is 14.8. The Hall–Kier alpha value is -1.27. The van der Waals surface area contributed by atoms with E-state index in [4.69, 9.17) is 16.7 Å².